The van der Waals surface area contributed by atoms with Gasteiger partial charge in [-0.1, -0.05) is 43.6 Å². The average Bonchev–Trinajstić information content (AvgIpc) is 1.94. The summed E-state index contributed by atoms with van der Waals surface area (Å²) in [5.74, 6) is 0. The summed E-state index contributed by atoms with van der Waals surface area (Å²) < 4.78 is 0. The summed E-state index contributed by atoms with van der Waals surface area (Å²) in [4.78, 5) is 0. The van der Waals surface area contributed by atoms with Crippen molar-refractivity contribution in [1.82, 2.24) is 0 Å². The van der Waals surface area contributed by atoms with E-state index < -0.39 is 0 Å². The minimum Gasteiger partial charge on any atom is -0.358 e. The average molecular weight is 342 g/mol. The van der Waals surface area contributed by atoms with E-state index in [0.717, 1.165) is 5.02 Å². The van der Waals surface area contributed by atoms with E-state index in [4.69, 9.17) is 11.6 Å². The third-order valence-corrected chi connectivity index (χ3v) is 0.985. The standard InChI is InChI=1S/C6H5Cl.C2H6.CH3.W/c7-6-4-2-1-3-5-6;1-2;;/h1-5H;1-2H3;1H3;/q;;-1;. The van der Waals surface area contributed by atoms with E-state index in [1.807, 2.05) is 44.2 Å². The van der Waals surface area contributed by atoms with Crippen molar-refractivity contribution in [3.8, 4) is 0 Å². The third-order valence-electron chi connectivity index (χ3n) is 0.733. The van der Waals surface area contributed by atoms with Crippen molar-refractivity contribution in [3.05, 3.63) is 42.8 Å². The Balaban J connectivity index is -0.000000149. The van der Waals surface area contributed by atoms with E-state index in [0.29, 0.717) is 0 Å². The number of hydrogen-bond acceptors (Lipinski definition) is 0. The Morgan fingerprint density at radius 2 is 1.36 bits per heavy atom. The molecule has 0 unspecified atom stereocenters. The minimum absolute atomic E-state index is 0. The molecule has 0 fully saturated rings. The van der Waals surface area contributed by atoms with Crippen LogP contribution in [-0.4, -0.2) is 0 Å². The van der Waals surface area contributed by atoms with Gasteiger partial charge in [0.1, 0.15) is 0 Å². The maximum Gasteiger partial charge on any atom is 0.0405 e. The largest absolute Gasteiger partial charge is 0.358 e. The maximum atomic E-state index is 5.54. The van der Waals surface area contributed by atoms with Crippen LogP contribution in [0, 0.1) is 7.43 Å². The first-order valence-electron chi connectivity index (χ1n) is 3.10. The number of benzene rings is 1. The molecule has 64 valence electrons. The van der Waals surface area contributed by atoms with Crippen molar-refractivity contribution >= 4 is 11.6 Å². The smallest absolute Gasteiger partial charge is 0.0405 e. The topological polar surface area (TPSA) is 0 Å². The second-order valence-corrected chi connectivity index (χ2v) is 1.73. The van der Waals surface area contributed by atoms with Crippen molar-refractivity contribution in [1.29, 1.82) is 0 Å². The zero-order chi connectivity index (χ0) is 7.11. The molecule has 0 nitrogen and oxygen atoms in total. The van der Waals surface area contributed by atoms with Gasteiger partial charge in [0.2, 0.25) is 0 Å². The molecule has 0 atom stereocenters. The first-order valence-corrected chi connectivity index (χ1v) is 3.48. The van der Waals surface area contributed by atoms with Gasteiger partial charge in [0, 0.05) is 26.1 Å². The van der Waals surface area contributed by atoms with Crippen LogP contribution in [0.3, 0.4) is 0 Å². The van der Waals surface area contributed by atoms with E-state index in [1.54, 1.807) is 0 Å². The van der Waals surface area contributed by atoms with Crippen molar-refractivity contribution in [2.75, 3.05) is 0 Å². The summed E-state index contributed by atoms with van der Waals surface area (Å²) in [6, 6.07) is 9.44. The van der Waals surface area contributed by atoms with Crippen molar-refractivity contribution in [2.24, 2.45) is 0 Å². The van der Waals surface area contributed by atoms with E-state index >= 15 is 0 Å². The molecule has 0 saturated carbocycles. The van der Waals surface area contributed by atoms with Crippen LogP contribution in [-0.2, 0) is 21.1 Å². The Labute approximate surface area is 89.2 Å². The molecule has 0 bridgehead atoms. The van der Waals surface area contributed by atoms with Crippen LogP contribution in [0.4, 0.5) is 0 Å². The van der Waals surface area contributed by atoms with Crippen LogP contribution < -0.4 is 0 Å². The number of hydrogen-bond donors (Lipinski definition) is 0. The van der Waals surface area contributed by atoms with Crippen LogP contribution >= 0.6 is 11.6 Å². The van der Waals surface area contributed by atoms with Gasteiger partial charge in [-0.3, -0.25) is 0 Å². The Bertz CT molecular complexity index is 139. The molecule has 0 aromatic heterocycles. The monoisotopic (exact) mass is 341 g/mol. The fourth-order valence-electron chi connectivity index (χ4n) is 0.415. The predicted molar refractivity (Wildman–Crippen MR) is 49.2 cm³/mol. The van der Waals surface area contributed by atoms with Crippen LogP contribution in [0.2, 0.25) is 5.02 Å². The second-order valence-electron chi connectivity index (χ2n) is 1.30. The van der Waals surface area contributed by atoms with E-state index in [2.05, 4.69) is 0 Å². The van der Waals surface area contributed by atoms with E-state index in [1.165, 1.54) is 0 Å². The van der Waals surface area contributed by atoms with Gasteiger partial charge in [0.05, 0.1) is 0 Å². The van der Waals surface area contributed by atoms with Crippen molar-refractivity contribution in [2.45, 2.75) is 13.8 Å². The van der Waals surface area contributed by atoms with Gasteiger partial charge in [-0.2, -0.15) is 0 Å². The molecule has 0 spiro atoms. The Morgan fingerprint density at radius 3 is 1.55 bits per heavy atom. The van der Waals surface area contributed by atoms with Gasteiger partial charge in [-0.05, 0) is 12.1 Å². The van der Waals surface area contributed by atoms with Gasteiger partial charge < -0.3 is 7.43 Å². The van der Waals surface area contributed by atoms with Gasteiger partial charge in [-0.25, -0.2) is 0 Å². The molecule has 11 heavy (non-hydrogen) atoms. The fourth-order valence-corrected chi connectivity index (χ4v) is 0.560. The van der Waals surface area contributed by atoms with Crippen LogP contribution in [0.25, 0.3) is 0 Å². The predicted octanol–water partition coefficient (Wildman–Crippen LogP) is 3.81. The summed E-state index contributed by atoms with van der Waals surface area (Å²) in [5.41, 5.74) is 0. The van der Waals surface area contributed by atoms with Gasteiger partial charge >= 0.3 is 0 Å². The van der Waals surface area contributed by atoms with Crippen molar-refractivity contribution in [3.63, 3.8) is 0 Å². The Morgan fingerprint density at radius 1 is 1.00 bits per heavy atom. The molecule has 0 N–H and O–H groups in total. The summed E-state index contributed by atoms with van der Waals surface area (Å²) >= 11 is 5.54. The van der Waals surface area contributed by atoms with Gasteiger partial charge in [0.25, 0.3) is 0 Å². The summed E-state index contributed by atoms with van der Waals surface area (Å²) in [6.07, 6.45) is 0. The molecule has 1 rings (SSSR count). The summed E-state index contributed by atoms with van der Waals surface area (Å²) in [6.45, 7) is 4.00. The molecule has 0 aliphatic carbocycles. The molecular weight excluding hydrogens is 327 g/mol. The molecular formula is C9H14ClW-. The normalized spacial score (nSPS) is 6.09. The first-order chi connectivity index (χ1) is 4.39. The van der Waals surface area contributed by atoms with Crippen LogP contribution in [0.1, 0.15) is 13.8 Å². The Hall–Kier alpha value is 0.198. The van der Waals surface area contributed by atoms with Gasteiger partial charge in [-0.15, -0.1) is 0 Å². The zero-order valence-corrected chi connectivity index (χ0v) is 10.9. The molecule has 0 heterocycles. The molecule has 0 amide bonds. The number of halogens is 1. The molecule has 0 radical (unpaired) electrons. The SMILES string of the molecule is CC.Clc1ccccc1.[CH3-].[W]. The molecule has 1 aromatic carbocycles. The first kappa shape index (κ1) is 17.3. The maximum absolute atomic E-state index is 5.54. The molecule has 0 saturated heterocycles. The summed E-state index contributed by atoms with van der Waals surface area (Å²) in [7, 11) is 0. The molecule has 0 aliphatic heterocycles. The molecule has 0 aliphatic rings. The molecule has 2 heteroatoms. The number of rotatable bonds is 0. The quantitative estimate of drug-likeness (QED) is 0.630. The fraction of sp³-hybridized carbons (Fsp3) is 0.222. The van der Waals surface area contributed by atoms with Crippen molar-refractivity contribution < 1.29 is 21.1 Å². The van der Waals surface area contributed by atoms with E-state index in [-0.39, 0.29) is 28.5 Å². The third kappa shape index (κ3) is 10.2. The second kappa shape index (κ2) is 12.8. The van der Waals surface area contributed by atoms with Crippen LogP contribution in [0.5, 0.6) is 0 Å². The summed E-state index contributed by atoms with van der Waals surface area (Å²) in [5, 5.41) is 0.794. The Kier molecular flexibility index (Phi) is 20.2. The van der Waals surface area contributed by atoms with Crippen LogP contribution in [0.15, 0.2) is 30.3 Å². The van der Waals surface area contributed by atoms with E-state index in [9.17, 15) is 0 Å². The zero-order valence-electron chi connectivity index (χ0n) is 7.17. The molecule has 1 aromatic rings. The minimum atomic E-state index is 0. The van der Waals surface area contributed by atoms with Gasteiger partial charge in [0.15, 0.2) is 0 Å².